The zero-order valence-electron chi connectivity index (χ0n) is 16.1. The minimum atomic E-state index is -4.09. The first-order valence-electron chi connectivity index (χ1n) is 9.76. The molecule has 0 saturated carbocycles. The van der Waals surface area contributed by atoms with Gasteiger partial charge in [0.1, 0.15) is 0 Å². The maximum Gasteiger partial charge on any atom is 0.195 e. The SMILES string of the molecule is O=S(=O)(c1ccccc1)C(CCC[C@@H]1CCC=C[C@H]1O)S(=O)(=O)c1ccccc1. The van der Waals surface area contributed by atoms with Gasteiger partial charge in [0.25, 0.3) is 0 Å². The van der Waals surface area contributed by atoms with Gasteiger partial charge in [-0.15, -0.1) is 0 Å². The Morgan fingerprint density at radius 1 is 0.862 bits per heavy atom. The highest BCUT2D eigenvalue weighted by atomic mass is 32.3. The topological polar surface area (TPSA) is 88.5 Å². The average molecular weight is 435 g/mol. The molecule has 2 aromatic carbocycles. The zero-order valence-corrected chi connectivity index (χ0v) is 17.7. The quantitative estimate of drug-likeness (QED) is 0.639. The van der Waals surface area contributed by atoms with Crippen molar-refractivity contribution >= 4 is 19.7 Å². The van der Waals surface area contributed by atoms with Gasteiger partial charge in [-0.05, 0) is 55.9 Å². The van der Waals surface area contributed by atoms with E-state index >= 15 is 0 Å². The number of allylic oxidation sites excluding steroid dienone is 1. The third-order valence-corrected chi connectivity index (χ3v) is 10.6. The molecule has 2 atom stereocenters. The van der Waals surface area contributed by atoms with E-state index in [4.69, 9.17) is 0 Å². The van der Waals surface area contributed by atoms with Gasteiger partial charge in [0, 0.05) is 0 Å². The first-order chi connectivity index (χ1) is 13.8. The molecule has 2 aromatic rings. The minimum absolute atomic E-state index is 0.00476. The van der Waals surface area contributed by atoms with Gasteiger partial charge in [-0.1, -0.05) is 55.0 Å². The second-order valence-electron chi connectivity index (χ2n) is 7.33. The van der Waals surface area contributed by atoms with Gasteiger partial charge in [0.2, 0.25) is 0 Å². The number of hydrogen-bond donors (Lipinski definition) is 1. The third-order valence-electron chi connectivity index (χ3n) is 5.37. The van der Waals surface area contributed by atoms with E-state index in [0.29, 0.717) is 12.8 Å². The van der Waals surface area contributed by atoms with Crippen LogP contribution in [0.25, 0.3) is 0 Å². The summed E-state index contributed by atoms with van der Waals surface area (Å²) in [4.78, 5) is 0.00952. The van der Waals surface area contributed by atoms with Gasteiger partial charge >= 0.3 is 0 Å². The molecule has 0 unspecified atom stereocenters. The Hall–Kier alpha value is -1.96. The Kier molecular flexibility index (Phi) is 6.93. The lowest BCUT2D eigenvalue weighted by molar-refractivity contribution is 0.132. The Labute approximate surface area is 172 Å². The molecule has 5 nitrogen and oxygen atoms in total. The fourth-order valence-corrected chi connectivity index (χ4v) is 8.37. The molecule has 29 heavy (non-hydrogen) atoms. The summed E-state index contributed by atoms with van der Waals surface area (Å²) in [5, 5.41) is 10.1. The number of rotatable bonds is 8. The number of aliphatic hydroxyl groups excluding tert-OH is 1. The number of aliphatic hydroxyl groups is 1. The number of benzene rings is 2. The highest BCUT2D eigenvalue weighted by Gasteiger charge is 2.39. The molecule has 3 rings (SSSR count). The first-order valence-corrected chi connectivity index (χ1v) is 12.9. The van der Waals surface area contributed by atoms with Crippen molar-refractivity contribution in [2.45, 2.75) is 52.6 Å². The van der Waals surface area contributed by atoms with Crippen LogP contribution in [-0.2, 0) is 19.7 Å². The second-order valence-corrected chi connectivity index (χ2v) is 11.9. The van der Waals surface area contributed by atoms with E-state index in [-0.39, 0.29) is 22.1 Å². The summed E-state index contributed by atoms with van der Waals surface area (Å²) < 4.78 is 51.5. The lowest BCUT2D eigenvalue weighted by Gasteiger charge is -2.24. The monoisotopic (exact) mass is 434 g/mol. The molecule has 1 aliphatic rings. The Morgan fingerprint density at radius 2 is 1.38 bits per heavy atom. The molecule has 0 radical (unpaired) electrons. The van der Waals surface area contributed by atoms with Crippen molar-refractivity contribution in [2.24, 2.45) is 5.92 Å². The van der Waals surface area contributed by atoms with E-state index in [1.807, 2.05) is 6.08 Å². The zero-order chi connectivity index (χ0) is 20.9. The number of hydrogen-bond acceptors (Lipinski definition) is 5. The van der Waals surface area contributed by atoms with Crippen LogP contribution in [0, 0.1) is 5.92 Å². The van der Waals surface area contributed by atoms with Crippen molar-refractivity contribution in [3.63, 3.8) is 0 Å². The lowest BCUT2D eigenvalue weighted by Crippen LogP contribution is -2.31. The van der Waals surface area contributed by atoms with Crippen molar-refractivity contribution in [3.05, 3.63) is 72.8 Å². The van der Waals surface area contributed by atoms with Crippen LogP contribution in [0.15, 0.2) is 82.6 Å². The Balaban J connectivity index is 1.89. The van der Waals surface area contributed by atoms with Crippen LogP contribution in [-0.4, -0.2) is 32.6 Å². The van der Waals surface area contributed by atoms with Crippen molar-refractivity contribution in [1.82, 2.24) is 0 Å². The number of sulfone groups is 2. The fraction of sp³-hybridized carbons (Fsp3) is 0.364. The van der Waals surface area contributed by atoms with E-state index in [0.717, 1.165) is 12.8 Å². The highest BCUT2D eigenvalue weighted by molar-refractivity contribution is 8.09. The highest BCUT2D eigenvalue weighted by Crippen LogP contribution is 2.31. The predicted molar refractivity (Wildman–Crippen MR) is 113 cm³/mol. The molecule has 0 heterocycles. The fourth-order valence-electron chi connectivity index (χ4n) is 3.74. The maximum absolute atomic E-state index is 13.3. The van der Waals surface area contributed by atoms with E-state index < -0.39 is 30.4 Å². The molecule has 156 valence electrons. The van der Waals surface area contributed by atoms with Gasteiger partial charge in [0.05, 0.1) is 15.9 Å². The predicted octanol–water partition coefficient (Wildman–Crippen LogP) is 3.76. The summed E-state index contributed by atoms with van der Waals surface area (Å²) in [5.41, 5.74) is 0. The molecule has 0 amide bonds. The van der Waals surface area contributed by atoms with Crippen LogP contribution in [0.3, 0.4) is 0 Å². The molecular weight excluding hydrogens is 408 g/mol. The maximum atomic E-state index is 13.3. The van der Waals surface area contributed by atoms with Crippen molar-refractivity contribution in [2.75, 3.05) is 0 Å². The van der Waals surface area contributed by atoms with E-state index in [1.54, 1.807) is 42.5 Å². The van der Waals surface area contributed by atoms with E-state index in [9.17, 15) is 21.9 Å². The largest absolute Gasteiger partial charge is 0.389 e. The summed E-state index contributed by atoms with van der Waals surface area (Å²) in [7, 11) is -8.18. The van der Waals surface area contributed by atoms with Crippen LogP contribution in [0.2, 0.25) is 0 Å². The van der Waals surface area contributed by atoms with Crippen LogP contribution in [0.5, 0.6) is 0 Å². The normalized spacial score (nSPS) is 20.1. The van der Waals surface area contributed by atoms with Crippen LogP contribution >= 0.6 is 0 Å². The smallest absolute Gasteiger partial charge is 0.195 e. The van der Waals surface area contributed by atoms with Gasteiger partial charge in [-0.2, -0.15) is 0 Å². The van der Waals surface area contributed by atoms with Crippen LogP contribution < -0.4 is 0 Å². The standard InChI is InChI=1S/C22H26O5S2/c23-21-16-8-7-10-18(21)11-9-17-22(28(24,25)19-12-3-1-4-13-19)29(26,27)20-14-5-2-6-15-20/h1-6,8,12-16,18,21-23H,7,9-11,17H2/t18-,21+/m0/s1. The molecule has 0 fully saturated rings. The second kappa shape index (κ2) is 9.24. The van der Waals surface area contributed by atoms with E-state index in [2.05, 4.69) is 0 Å². The summed E-state index contributed by atoms with van der Waals surface area (Å²) in [5.74, 6) is 0.0273. The summed E-state index contributed by atoms with van der Waals surface area (Å²) in [6.07, 6.45) is 5.79. The third kappa shape index (κ3) is 4.97. The summed E-state index contributed by atoms with van der Waals surface area (Å²) >= 11 is 0. The van der Waals surface area contributed by atoms with Crippen LogP contribution in [0.4, 0.5) is 0 Å². The minimum Gasteiger partial charge on any atom is -0.389 e. The molecule has 7 heteroatoms. The Morgan fingerprint density at radius 3 is 1.86 bits per heavy atom. The lowest BCUT2D eigenvalue weighted by atomic mass is 9.87. The Bertz CT molecular complexity index is 960. The molecule has 0 spiro atoms. The average Bonchev–Trinajstić information content (AvgIpc) is 2.73. The van der Waals surface area contributed by atoms with Gasteiger partial charge in [0.15, 0.2) is 24.3 Å². The van der Waals surface area contributed by atoms with Crippen LogP contribution in [0.1, 0.15) is 32.1 Å². The van der Waals surface area contributed by atoms with Gasteiger partial charge in [-0.3, -0.25) is 0 Å². The van der Waals surface area contributed by atoms with Crippen molar-refractivity contribution < 1.29 is 21.9 Å². The molecular formula is C22H26O5S2. The molecule has 1 aliphatic carbocycles. The molecule has 0 bridgehead atoms. The molecule has 0 aliphatic heterocycles. The first kappa shape index (κ1) is 21.7. The van der Waals surface area contributed by atoms with Crippen molar-refractivity contribution in [3.8, 4) is 0 Å². The van der Waals surface area contributed by atoms with Gasteiger partial charge < -0.3 is 5.11 Å². The molecule has 0 saturated heterocycles. The molecule has 1 N–H and O–H groups in total. The van der Waals surface area contributed by atoms with Crippen molar-refractivity contribution in [1.29, 1.82) is 0 Å². The van der Waals surface area contributed by atoms with Gasteiger partial charge in [-0.25, -0.2) is 16.8 Å². The molecule has 0 aromatic heterocycles. The van der Waals surface area contributed by atoms with E-state index in [1.165, 1.54) is 24.3 Å². The summed E-state index contributed by atoms with van der Waals surface area (Å²) in [6, 6.07) is 15.4. The summed E-state index contributed by atoms with van der Waals surface area (Å²) in [6.45, 7) is 0.